The zero-order chi connectivity index (χ0) is 11.1. The van der Waals surface area contributed by atoms with Crippen LogP contribution < -0.4 is 5.73 Å². The summed E-state index contributed by atoms with van der Waals surface area (Å²) in [7, 11) is -3.36. The maximum absolute atomic E-state index is 12.6. The van der Waals surface area contributed by atoms with Gasteiger partial charge in [0.15, 0.2) is 9.84 Å². The van der Waals surface area contributed by atoms with Gasteiger partial charge in [-0.3, -0.25) is 0 Å². The molecule has 2 atom stereocenters. The van der Waals surface area contributed by atoms with Gasteiger partial charge in [-0.15, -0.1) is 12.4 Å². The number of halogens is 2. The Kier molecular flexibility index (Phi) is 3.93. The number of benzene rings is 1. The molecule has 1 aliphatic carbocycles. The predicted molar refractivity (Wildman–Crippen MR) is 61.8 cm³/mol. The Balaban J connectivity index is 0.00000128. The SMILES string of the molecule is Cl.NC1CCC1S(=O)(=O)c1ccc(F)cc1. The highest BCUT2D eigenvalue weighted by Crippen LogP contribution is 2.30. The first-order chi connectivity index (χ1) is 7.01. The van der Waals surface area contributed by atoms with Crippen molar-refractivity contribution in [1.29, 1.82) is 0 Å². The van der Waals surface area contributed by atoms with Gasteiger partial charge in [-0.2, -0.15) is 0 Å². The van der Waals surface area contributed by atoms with Gasteiger partial charge in [-0.25, -0.2) is 12.8 Å². The van der Waals surface area contributed by atoms with Gasteiger partial charge in [0.2, 0.25) is 0 Å². The van der Waals surface area contributed by atoms with Gasteiger partial charge in [0, 0.05) is 6.04 Å². The first-order valence-electron chi connectivity index (χ1n) is 4.77. The first-order valence-corrected chi connectivity index (χ1v) is 6.31. The summed E-state index contributed by atoms with van der Waals surface area (Å²) in [5, 5.41) is -0.497. The van der Waals surface area contributed by atoms with Crippen molar-refractivity contribution >= 4 is 22.2 Å². The summed E-state index contributed by atoms with van der Waals surface area (Å²) in [5.41, 5.74) is 5.62. The molecule has 0 radical (unpaired) electrons. The monoisotopic (exact) mass is 265 g/mol. The van der Waals surface area contributed by atoms with Gasteiger partial charge in [-0.1, -0.05) is 0 Å². The van der Waals surface area contributed by atoms with Crippen molar-refractivity contribution in [2.45, 2.75) is 29.0 Å². The highest BCUT2D eigenvalue weighted by Gasteiger charge is 2.39. The maximum Gasteiger partial charge on any atom is 0.182 e. The average molecular weight is 266 g/mol. The molecule has 0 amide bonds. The molecular formula is C10H13ClFNO2S. The van der Waals surface area contributed by atoms with E-state index >= 15 is 0 Å². The number of sulfone groups is 1. The lowest BCUT2D eigenvalue weighted by molar-refractivity contribution is 0.408. The Morgan fingerprint density at radius 1 is 1.19 bits per heavy atom. The van der Waals surface area contributed by atoms with E-state index in [1.807, 2.05) is 0 Å². The highest BCUT2D eigenvalue weighted by molar-refractivity contribution is 7.92. The molecule has 0 heterocycles. The van der Waals surface area contributed by atoms with Gasteiger partial charge >= 0.3 is 0 Å². The van der Waals surface area contributed by atoms with E-state index in [0.717, 1.165) is 18.6 Å². The fourth-order valence-corrected chi connectivity index (χ4v) is 3.59. The predicted octanol–water partition coefficient (Wildman–Crippen LogP) is 1.51. The molecule has 0 aliphatic heterocycles. The van der Waals surface area contributed by atoms with Crippen LogP contribution in [-0.4, -0.2) is 19.7 Å². The van der Waals surface area contributed by atoms with Crippen molar-refractivity contribution in [2.24, 2.45) is 5.73 Å². The normalized spacial score (nSPS) is 24.4. The van der Waals surface area contributed by atoms with Crippen molar-refractivity contribution in [3.05, 3.63) is 30.1 Å². The second-order valence-electron chi connectivity index (χ2n) is 3.78. The van der Waals surface area contributed by atoms with E-state index in [-0.39, 0.29) is 23.3 Å². The number of hydrogen-bond acceptors (Lipinski definition) is 3. The summed E-state index contributed by atoms with van der Waals surface area (Å²) in [6.45, 7) is 0. The van der Waals surface area contributed by atoms with Gasteiger partial charge < -0.3 is 5.73 Å². The van der Waals surface area contributed by atoms with Crippen LogP contribution in [0.4, 0.5) is 4.39 Å². The number of rotatable bonds is 2. The molecule has 0 saturated heterocycles. The minimum atomic E-state index is -3.36. The van der Waals surface area contributed by atoms with Crippen molar-refractivity contribution in [1.82, 2.24) is 0 Å². The molecule has 1 aromatic rings. The molecule has 3 nitrogen and oxygen atoms in total. The highest BCUT2D eigenvalue weighted by atomic mass is 35.5. The average Bonchev–Trinajstić information content (AvgIpc) is 2.15. The Hall–Kier alpha value is -0.650. The third-order valence-electron chi connectivity index (χ3n) is 2.80. The van der Waals surface area contributed by atoms with Crippen molar-refractivity contribution in [3.8, 4) is 0 Å². The van der Waals surface area contributed by atoms with Crippen molar-refractivity contribution in [2.75, 3.05) is 0 Å². The number of hydrogen-bond donors (Lipinski definition) is 1. The van der Waals surface area contributed by atoms with E-state index in [0.29, 0.717) is 6.42 Å². The summed E-state index contributed by atoms with van der Waals surface area (Å²) in [4.78, 5) is 0.157. The summed E-state index contributed by atoms with van der Waals surface area (Å²) >= 11 is 0. The van der Waals surface area contributed by atoms with Gasteiger partial charge in [0.25, 0.3) is 0 Å². The fourth-order valence-electron chi connectivity index (χ4n) is 1.68. The third-order valence-corrected chi connectivity index (χ3v) is 5.11. The first kappa shape index (κ1) is 13.4. The quantitative estimate of drug-likeness (QED) is 0.825. The molecule has 0 bridgehead atoms. The zero-order valence-electron chi connectivity index (χ0n) is 8.47. The molecule has 90 valence electrons. The van der Waals surface area contributed by atoms with Crippen molar-refractivity contribution in [3.63, 3.8) is 0 Å². The smallest absolute Gasteiger partial charge is 0.182 e. The lowest BCUT2D eigenvalue weighted by Gasteiger charge is -2.32. The molecule has 1 saturated carbocycles. The molecule has 2 rings (SSSR count). The lowest BCUT2D eigenvalue weighted by Crippen LogP contribution is -2.48. The Morgan fingerprint density at radius 2 is 1.75 bits per heavy atom. The van der Waals surface area contributed by atoms with E-state index in [9.17, 15) is 12.8 Å². The molecule has 2 N–H and O–H groups in total. The van der Waals surface area contributed by atoms with Crippen LogP contribution in [0.15, 0.2) is 29.2 Å². The van der Waals surface area contributed by atoms with Crippen LogP contribution in [-0.2, 0) is 9.84 Å². The Bertz CT molecular complexity index is 460. The van der Waals surface area contributed by atoms with Crippen LogP contribution in [0, 0.1) is 5.82 Å². The molecule has 16 heavy (non-hydrogen) atoms. The minimum Gasteiger partial charge on any atom is -0.327 e. The Morgan fingerprint density at radius 3 is 2.12 bits per heavy atom. The molecule has 0 spiro atoms. The van der Waals surface area contributed by atoms with E-state index in [4.69, 9.17) is 5.73 Å². The van der Waals surface area contributed by atoms with Crippen LogP contribution in [0.2, 0.25) is 0 Å². The lowest BCUT2D eigenvalue weighted by atomic mass is 9.93. The largest absolute Gasteiger partial charge is 0.327 e. The molecule has 1 aliphatic rings. The summed E-state index contributed by atoms with van der Waals surface area (Å²) < 4.78 is 36.5. The molecule has 6 heteroatoms. The van der Waals surface area contributed by atoms with Crippen LogP contribution in [0.5, 0.6) is 0 Å². The summed E-state index contributed by atoms with van der Waals surface area (Å²) in [5.74, 6) is -0.438. The molecule has 1 fully saturated rings. The third kappa shape index (κ3) is 2.21. The number of nitrogens with two attached hydrogens (primary N) is 1. The standard InChI is InChI=1S/C10H12FNO2S.ClH/c11-7-1-3-8(4-2-7)15(13,14)10-6-5-9(10)12;/h1-4,9-10H,5-6,12H2;1H. The van der Waals surface area contributed by atoms with Crippen LogP contribution in [0.1, 0.15) is 12.8 Å². The fraction of sp³-hybridized carbons (Fsp3) is 0.400. The van der Waals surface area contributed by atoms with Gasteiger partial charge in [-0.05, 0) is 37.1 Å². The topological polar surface area (TPSA) is 60.2 Å². The Labute approximate surface area is 100 Å². The minimum absolute atomic E-state index is 0. The van der Waals surface area contributed by atoms with Gasteiger partial charge in [0.1, 0.15) is 5.82 Å². The zero-order valence-corrected chi connectivity index (χ0v) is 10.1. The summed E-state index contributed by atoms with van der Waals surface area (Å²) in [6.07, 6.45) is 1.34. The summed E-state index contributed by atoms with van der Waals surface area (Å²) in [6, 6.07) is 4.60. The maximum atomic E-state index is 12.6. The van der Waals surface area contributed by atoms with Crippen LogP contribution in [0.25, 0.3) is 0 Å². The van der Waals surface area contributed by atoms with E-state index in [1.165, 1.54) is 12.1 Å². The molecule has 1 aromatic carbocycles. The second kappa shape index (κ2) is 4.69. The van der Waals surface area contributed by atoms with Crippen LogP contribution in [0.3, 0.4) is 0 Å². The molecule has 2 unspecified atom stereocenters. The van der Waals surface area contributed by atoms with E-state index in [1.54, 1.807) is 0 Å². The van der Waals surface area contributed by atoms with E-state index in [2.05, 4.69) is 0 Å². The molecule has 0 aromatic heterocycles. The second-order valence-corrected chi connectivity index (χ2v) is 5.95. The van der Waals surface area contributed by atoms with Crippen molar-refractivity contribution < 1.29 is 12.8 Å². The van der Waals surface area contributed by atoms with Gasteiger partial charge in [0.05, 0.1) is 10.1 Å². The van der Waals surface area contributed by atoms with Crippen LogP contribution >= 0.6 is 12.4 Å². The van der Waals surface area contributed by atoms with E-state index < -0.39 is 20.9 Å². The molecular weight excluding hydrogens is 253 g/mol.